The Morgan fingerprint density at radius 3 is 2.14 bits per heavy atom. The van der Waals surface area contributed by atoms with E-state index in [2.05, 4.69) is 14.9 Å². The fourth-order valence-electron chi connectivity index (χ4n) is 4.01. The molecule has 3 rings (SSSR count). The molecule has 1 saturated carbocycles. The Bertz CT molecular complexity index is 680. The van der Waals surface area contributed by atoms with Crippen molar-refractivity contribution in [1.82, 2.24) is 19.8 Å². The van der Waals surface area contributed by atoms with Crippen molar-refractivity contribution in [3.05, 3.63) is 11.4 Å². The summed E-state index contributed by atoms with van der Waals surface area (Å²) in [5, 5.41) is 0. The lowest BCUT2D eigenvalue weighted by molar-refractivity contribution is -0.135. The zero-order chi connectivity index (χ0) is 21.1. The van der Waals surface area contributed by atoms with E-state index in [0.717, 1.165) is 43.2 Å². The average Bonchev–Trinajstić information content (AvgIpc) is 3.50. The number of hydrogen-bond donors (Lipinski definition) is 1. The summed E-state index contributed by atoms with van der Waals surface area (Å²) in [5.74, 6) is 1.23. The maximum Gasteiger partial charge on any atom is 0.317 e. The van der Waals surface area contributed by atoms with E-state index in [1.54, 1.807) is 0 Å². The molecular weight excluding hydrogens is 366 g/mol. The predicted octanol–water partition coefficient (Wildman–Crippen LogP) is 3.02. The summed E-state index contributed by atoms with van der Waals surface area (Å²) >= 11 is 0. The molecule has 2 fully saturated rings. The van der Waals surface area contributed by atoms with Crippen LogP contribution in [0.25, 0.3) is 0 Å². The number of piperidine rings is 1. The molecule has 0 bridgehead atoms. The molecule has 1 amide bonds. The number of nitrogens with zero attached hydrogens (tertiary/aromatic N) is 4. The number of rotatable bonds is 8. The van der Waals surface area contributed by atoms with E-state index in [1.165, 1.54) is 19.4 Å². The van der Waals surface area contributed by atoms with Gasteiger partial charge in [-0.25, -0.2) is 0 Å². The molecule has 162 valence electrons. The number of likely N-dealkylation sites (tertiary alicyclic amines) is 1. The van der Waals surface area contributed by atoms with Gasteiger partial charge in [0.15, 0.2) is 6.61 Å². The number of carbonyl (C=O) groups is 1. The fraction of sp³-hybridized carbons (Fsp3) is 0.773. The van der Waals surface area contributed by atoms with Crippen LogP contribution in [-0.2, 0) is 4.79 Å². The van der Waals surface area contributed by atoms with Crippen molar-refractivity contribution in [2.45, 2.75) is 71.3 Å². The van der Waals surface area contributed by atoms with Gasteiger partial charge in [-0.1, -0.05) is 27.7 Å². The van der Waals surface area contributed by atoms with Crippen molar-refractivity contribution < 1.29 is 9.53 Å². The Kier molecular flexibility index (Phi) is 6.98. The van der Waals surface area contributed by atoms with Crippen LogP contribution in [0.4, 0.5) is 5.69 Å². The van der Waals surface area contributed by atoms with E-state index in [1.807, 2.05) is 39.6 Å². The van der Waals surface area contributed by atoms with E-state index < -0.39 is 0 Å². The van der Waals surface area contributed by atoms with Crippen molar-refractivity contribution in [3.63, 3.8) is 0 Å². The standard InChI is InChI=1S/C22H37N5O2/c1-14(2)20-19(23)21(15(3)4)25-22(24-20)29-13-18(28)26(5)17-8-10-27(11-9-17)12-16-6-7-16/h14-17H,6-13,23H2,1-5H3. The Morgan fingerprint density at radius 1 is 1.10 bits per heavy atom. The minimum absolute atomic E-state index is 0.0248. The third-order valence-electron chi connectivity index (χ3n) is 6.11. The van der Waals surface area contributed by atoms with Crippen molar-refractivity contribution in [1.29, 1.82) is 0 Å². The highest BCUT2D eigenvalue weighted by atomic mass is 16.5. The number of aromatic nitrogens is 2. The van der Waals surface area contributed by atoms with Gasteiger partial charge in [-0.15, -0.1) is 0 Å². The molecule has 0 aromatic carbocycles. The first-order chi connectivity index (χ1) is 13.8. The minimum Gasteiger partial charge on any atom is -0.453 e. The van der Waals surface area contributed by atoms with Crippen LogP contribution in [-0.4, -0.2) is 65.0 Å². The summed E-state index contributed by atoms with van der Waals surface area (Å²) in [6, 6.07) is 0.527. The van der Waals surface area contributed by atoms with Crippen LogP contribution in [0.5, 0.6) is 6.01 Å². The van der Waals surface area contributed by atoms with E-state index in [-0.39, 0.29) is 36.4 Å². The monoisotopic (exact) mass is 403 g/mol. The van der Waals surface area contributed by atoms with Crippen LogP contribution >= 0.6 is 0 Å². The van der Waals surface area contributed by atoms with Crippen LogP contribution in [0.15, 0.2) is 0 Å². The molecule has 2 N–H and O–H groups in total. The zero-order valence-corrected chi connectivity index (χ0v) is 18.6. The maximum absolute atomic E-state index is 12.7. The first-order valence-electron chi connectivity index (χ1n) is 11.0. The molecule has 2 heterocycles. The summed E-state index contributed by atoms with van der Waals surface area (Å²) in [6.45, 7) is 11.5. The lowest BCUT2D eigenvalue weighted by Gasteiger charge is -2.36. The molecular formula is C22H37N5O2. The Hall–Kier alpha value is -1.89. The molecule has 1 aliphatic heterocycles. The SMILES string of the molecule is CC(C)c1nc(OCC(=O)N(C)C2CCN(CC3CC3)CC2)nc(C(C)C)c1N. The summed E-state index contributed by atoms with van der Waals surface area (Å²) in [4.78, 5) is 26.0. The van der Waals surface area contributed by atoms with Crippen molar-refractivity contribution in [2.75, 3.05) is 39.0 Å². The zero-order valence-electron chi connectivity index (χ0n) is 18.6. The van der Waals surface area contributed by atoms with Crippen LogP contribution < -0.4 is 10.5 Å². The topological polar surface area (TPSA) is 84.6 Å². The van der Waals surface area contributed by atoms with E-state index in [9.17, 15) is 4.79 Å². The van der Waals surface area contributed by atoms with Gasteiger partial charge in [0.05, 0.1) is 17.1 Å². The van der Waals surface area contributed by atoms with Crippen molar-refractivity contribution in [2.24, 2.45) is 5.92 Å². The van der Waals surface area contributed by atoms with Gasteiger partial charge in [-0.2, -0.15) is 9.97 Å². The Labute approximate surface area is 175 Å². The van der Waals surface area contributed by atoms with Crippen LogP contribution in [0.2, 0.25) is 0 Å². The average molecular weight is 404 g/mol. The minimum atomic E-state index is -0.0439. The molecule has 29 heavy (non-hydrogen) atoms. The number of ether oxygens (including phenoxy) is 1. The fourth-order valence-corrected chi connectivity index (χ4v) is 4.01. The smallest absolute Gasteiger partial charge is 0.317 e. The lowest BCUT2D eigenvalue weighted by Crippen LogP contribution is -2.47. The first-order valence-corrected chi connectivity index (χ1v) is 11.0. The van der Waals surface area contributed by atoms with Crippen LogP contribution in [0.1, 0.15) is 76.6 Å². The van der Waals surface area contributed by atoms with Gasteiger partial charge in [0.25, 0.3) is 5.91 Å². The second kappa shape index (κ2) is 9.28. The second-order valence-electron chi connectivity index (χ2n) is 9.27. The first kappa shape index (κ1) is 21.8. The van der Waals surface area contributed by atoms with Gasteiger partial charge in [0.1, 0.15) is 0 Å². The molecule has 1 aromatic rings. The van der Waals surface area contributed by atoms with Gasteiger partial charge in [0, 0.05) is 32.7 Å². The number of nitrogens with two attached hydrogens (primary N) is 1. The number of carbonyl (C=O) groups excluding carboxylic acids is 1. The van der Waals surface area contributed by atoms with Gasteiger partial charge in [-0.05, 0) is 43.4 Å². The van der Waals surface area contributed by atoms with Crippen molar-refractivity contribution in [3.8, 4) is 6.01 Å². The molecule has 2 aliphatic rings. The van der Waals surface area contributed by atoms with Gasteiger partial charge in [-0.3, -0.25) is 4.79 Å². The third-order valence-corrected chi connectivity index (χ3v) is 6.11. The highest BCUT2D eigenvalue weighted by Crippen LogP contribution is 2.31. The summed E-state index contributed by atoms with van der Waals surface area (Å²) in [5.41, 5.74) is 8.43. The predicted molar refractivity (Wildman–Crippen MR) is 115 cm³/mol. The highest BCUT2D eigenvalue weighted by Gasteiger charge is 2.29. The van der Waals surface area contributed by atoms with Crippen LogP contribution in [0.3, 0.4) is 0 Å². The molecule has 0 spiro atoms. The van der Waals surface area contributed by atoms with Crippen molar-refractivity contribution >= 4 is 11.6 Å². The molecule has 0 radical (unpaired) electrons. The number of amides is 1. The number of likely N-dealkylation sites (N-methyl/N-ethyl adjacent to an activating group) is 1. The van der Waals surface area contributed by atoms with Gasteiger partial charge >= 0.3 is 6.01 Å². The second-order valence-corrected chi connectivity index (χ2v) is 9.27. The summed E-state index contributed by atoms with van der Waals surface area (Å²) in [6.07, 6.45) is 4.84. The van der Waals surface area contributed by atoms with Crippen LogP contribution in [0, 0.1) is 5.92 Å². The molecule has 7 heteroatoms. The van der Waals surface area contributed by atoms with E-state index in [4.69, 9.17) is 10.5 Å². The Morgan fingerprint density at radius 2 is 1.66 bits per heavy atom. The third kappa shape index (κ3) is 5.59. The largest absolute Gasteiger partial charge is 0.453 e. The van der Waals surface area contributed by atoms with E-state index in [0.29, 0.717) is 5.69 Å². The lowest BCUT2D eigenvalue weighted by atomic mass is 10.0. The molecule has 1 aromatic heterocycles. The molecule has 7 nitrogen and oxygen atoms in total. The number of anilines is 1. The summed E-state index contributed by atoms with van der Waals surface area (Å²) in [7, 11) is 1.88. The molecule has 0 atom stereocenters. The molecule has 1 aliphatic carbocycles. The number of hydrogen-bond acceptors (Lipinski definition) is 6. The molecule has 0 unspecified atom stereocenters. The van der Waals surface area contributed by atoms with E-state index >= 15 is 0 Å². The maximum atomic E-state index is 12.7. The quantitative estimate of drug-likeness (QED) is 0.718. The van der Waals surface area contributed by atoms with Gasteiger partial charge in [0.2, 0.25) is 0 Å². The summed E-state index contributed by atoms with van der Waals surface area (Å²) < 4.78 is 5.72. The van der Waals surface area contributed by atoms with Gasteiger partial charge < -0.3 is 20.3 Å². The molecule has 1 saturated heterocycles. The normalized spacial score (nSPS) is 18.4. The highest BCUT2D eigenvalue weighted by molar-refractivity contribution is 5.77. The Balaban J connectivity index is 1.55. The number of nitrogen functional groups attached to an aromatic ring is 1.